The van der Waals surface area contributed by atoms with Crippen LogP contribution in [0, 0.1) is 5.82 Å². The Morgan fingerprint density at radius 1 is 1.44 bits per heavy atom. The number of amides is 1. The van der Waals surface area contributed by atoms with E-state index in [4.69, 9.17) is 5.73 Å². The molecule has 0 fully saturated rings. The second kappa shape index (κ2) is 5.49. The fourth-order valence-electron chi connectivity index (χ4n) is 1.57. The number of carbonyl (C=O) groups is 1. The van der Waals surface area contributed by atoms with Crippen molar-refractivity contribution in [1.29, 1.82) is 0 Å². The Hall–Kier alpha value is -1.58. The number of nitrogens with zero attached hydrogens (tertiary/aromatic N) is 1. The predicted octanol–water partition coefficient (Wildman–Crippen LogP) is 2.28. The maximum atomic E-state index is 13.2. The number of halogens is 1. The average Bonchev–Trinajstić information content (AvgIpc) is 2.29. The zero-order chi connectivity index (χ0) is 12.1. The Bertz CT molecular complexity index is 379. The van der Waals surface area contributed by atoms with Gasteiger partial charge >= 0.3 is 0 Å². The number of benzene rings is 1. The molecule has 3 nitrogen and oxygen atoms in total. The molecule has 16 heavy (non-hydrogen) atoms. The molecule has 0 aromatic heterocycles. The van der Waals surface area contributed by atoms with Crippen molar-refractivity contribution in [2.24, 2.45) is 0 Å². The Morgan fingerprint density at radius 3 is 2.69 bits per heavy atom. The van der Waals surface area contributed by atoms with Gasteiger partial charge in [0.15, 0.2) is 0 Å². The lowest BCUT2D eigenvalue weighted by Gasteiger charge is -2.20. The summed E-state index contributed by atoms with van der Waals surface area (Å²) in [7, 11) is 0. The van der Waals surface area contributed by atoms with E-state index in [1.54, 1.807) is 11.0 Å². The van der Waals surface area contributed by atoms with Gasteiger partial charge in [0, 0.05) is 13.1 Å². The van der Waals surface area contributed by atoms with Crippen molar-refractivity contribution in [3.8, 4) is 0 Å². The lowest BCUT2D eigenvalue weighted by atomic mass is 10.1. The van der Waals surface area contributed by atoms with Crippen LogP contribution in [0.5, 0.6) is 0 Å². The van der Waals surface area contributed by atoms with Crippen LogP contribution >= 0.6 is 0 Å². The van der Waals surface area contributed by atoms with Crippen LogP contribution in [0.15, 0.2) is 18.2 Å². The number of para-hydroxylation sites is 1. The molecule has 0 radical (unpaired) electrons. The minimum absolute atomic E-state index is 0.0675. The van der Waals surface area contributed by atoms with Gasteiger partial charge in [0.25, 0.3) is 5.91 Å². The summed E-state index contributed by atoms with van der Waals surface area (Å²) in [6.07, 6.45) is 0.870. The minimum atomic E-state index is -0.543. The Labute approximate surface area is 95.0 Å². The van der Waals surface area contributed by atoms with Gasteiger partial charge in [-0.2, -0.15) is 0 Å². The lowest BCUT2D eigenvalue weighted by Crippen LogP contribution is -2.32. The van der Waals surface area contributed by atoms with E-state index < -0.39 is 5.82 Å². The minimum Gasteiger partial charge on any atom is -0.396 e. The second-order valence-electron chi connectivity index (χ2n) is 3.59. The number of hydrogen-bond acceptors (Lipinski definition) is 2. The molecule has 4 heteroatoms. The van der Waals surface area contributed by atoms with E-state index in [1.165, 1.54) is 12.1 Å². The standard InChI is InChI=1S/C12H17FN2O/c1-3-8-15(4-2)12(16)9-6-5-7-10(13)11(9)14/h5-7H,3-4,8,14H2,1-2H3. The molecule has 0 saturated carbocycles. The third kappa shape index (κ3) is 2.51. The summed E-state index contributed by atoms with van der Waals surface area (Å²) in [5.41, 5.74) is 5.73. The Morgan fingerprint density at radius 2 is 2.12 bits per heavy atom. The first-order valence-corrected chi connectivity index (χ1v) is 5.45. The van der Waals surface area contributed by atoms with Gasteiger partial charge in [-0.15, -0.1) is 0 Å². The molecule has 0 saturated heterocycles. The highest BCUT2D eigenvalue weighted by Gasteiger charge is 2.17. The van der Waals surface area contributed by atoms with Crippen LogP contribution < -0.4 is 5.73 Å². The summed E-state index contributed by atoms with van der Waals surface area (Å²) in [5.74, 6) is -0.750. The third-order valence-corrected chi connectivity index (χ3v) is 2.45. The SMILES string of the molecule is CCCN(CC)C(=O)c1cccc(F)c1N. The molecule has 0 spiro atoms. The van der Waals surface area contributed by atoms with Gasteiger partial charge in [0.1, 0.15) is 5.82 Å². The molecule has 1 amide bonds. The molecule has 0 heterocycles. The summed E-state index contributed by atoms with van der Waals surface area (Å²) in [6.45, 7) is 5.14. The van der Waals surface area contributed by atoms with Crippen LogP contribution in [-0.2, 0) is 0 Å². The van der Waals surface area contributed by atoms with Gasteiger partial charge in [-0.25, -0.2) is 4.39 Å². The number of hydrogen-bond donors (Lipinski definition) is 1. The normalized spacial score (nSPS) is 10.2. The van der Waals surface area contributed by atoms with Crippen molar-refractivity contribution < 1.29 is 9.18 Å². The van der Waals surface area contributed by atoms with Crippen molar-refractivity contribution in [3.63, 3.8) is 0 Å². The predicted molar refractivity (Wildman–Crippen MR) is 62.7 cm³/mol. The molecule has 0 aliphatic heterocycles. The van der Waals surface area contributed by atoms with Gasteiger partial charge in [-0.3, -0.25) is 4.79 Å². The largest absolute Gasteiger partial charge is 0.396 e. The number of anilines is 1. The van der Waals surface area contributed by atoms with Crippen LogP contribution in [0.3, 0.4) is 0 Å². The number of carbonyl (C=O) groups excluding carboxylic acids is 1. The first kappa shape index (κ1) is 12.5. The van der Waals surface area contributed by atoms with Crippen LogP contribution in [0.4, 0.5) is 10.1 Å². The molecule has 0 aliphatic carbocycles. The first-order valence-electron chi connectivity index (χ1n) is 5.45. The maximum Gasteiger partial charge on any atom is 0.256 e. The number of nitrogens with two attached hydrogens (primary N) is 1. The summed E-state index contributed by atoms with van der Waals surface area (Å²) in [5, 5.41) is 0. The van der Waals surface area contributed by atoms with E-state index in [0.29, 0.717) is 13.1 Å². The summed E-state index contributed by atoms with van der Waals surface area (Å²) < 4.78 is 13.2. The van der Waals surface area contributed by atoms with E-state index in [1.807, 2.05) is 13.8 Å². The Balaban J connectivity index is 2.99. The monoisotopic (exact) mass is 224 g/mol. The Kier molecular flexibility index (Phi) is 4.28. The molecule has 1 aromatic carbocycles. The van der Waals surface area contributed by atoms with E-state index >= 15 is 0 Å². The topological polar surface area (TPSA) is 46.3 Å². The van der Waals surface area contributed by atoms with E-state index in [9.17, 15) is 9.18 Å². The molecule has 0 atom stereocenters. The zero-order valence-electron chi connectivity index (χ0n) is 9.66. The molecular weight excluding hydrogens is 207 g/mol. The van der Waals surface area contributed by atoms with Gasteiger partial charge in [0.05, 0.1) is 11.3 Å². The average molecular weight is 224 g/mol. The molecule has 0 unspecified atom stereocenters. The highest BCUT2D eigenvalue weighted by Crippen LogP contribution is 2.17. The highest BCUT2D eigenvalue weighted by atomic mass is 19.1. The van der Waals surface area contributed by atoms with E-state index in [0.717, 1.165) is 6.42 Å². The first-order chi connectivity index (χ1) is 7.61. The van der Waals surface area contributed by atoms with E-state index in [2.05, 4.69) is 0 Å². The fourth-order valence-corrected chi connectivity index (χ4v) is 1.57. The molecule has 0 aliphatic rings. The van der Waals surface area contributed by atoms with Crippen LogP contribution in [0.2, 0.25) is 0 Å². The summed E-state index contributed by atoms with van der Waals surface area (Å²) in [4.78, 5) is 13.7. The van der Waals surface area contributed by atoms with Crippen LogP contribution in [0.1, 0.15) is 30.6 Å². The van der Waals surface area contributed by atoms with Crippen molar-refractivity contribution >= 4 is 11.6 Å². The molecule has 1 rings (SSSR count). The van der Waals surface area contributed by atoms with Crippen molar-refractivity contribution in [1.82, 2.24) is 4.90 Å². The molecule has 1 aromatic rings. The molecule has 2 N–H and O–H groups in total. The fraction of sp³-hybridized carbons (Fsp3) is 0.417. The molecule has 88 valence electrons. The van der Waals surface area contributed by atoms with Gasteiger partial charge in [-0.05, 0) is 25.5 Å². The van der Waals surface area contributed by atoms with Crippen molar-refractivity contribution in [2.45, 2.75) is 20.3 Å². The highest BCUT2D eigenvalue weighted by molar-refractivity contribution is 5.99. The van der Waals surface area contributed by atoms with Crippen LogP contribution in [-0.4, -0.2) is 23.9 Å². The third-order valence-electron chi connectivity index (χ3n) is 2.45. The van der Waals surface area contributed by atoms with Gasteiger partial charge in [0.2, 0.25) is 0 Å². The molecule has 0 bridgehead atoms. The van der Waals surface area contributed by atoms with Gasteiger partial charge in [-0.1, -0.05) is 13.0 Å². The number of rotatable bonds is 4. The number of nitrogen functional groups attached to an aromatic ring is 1. The van der Waals surface area contributed by atoms with Gasteiger partial charge < -0.3 is 10.6 Å². The smallest absolute Gasteiger partial charge is 0.256 e. The van der Waals surface area contributed by atoms with Crippen molar-refractivity contribution in [3.05, 3.63) is 29.6 Å². The molecular formula is C12H17FN2O. The summed E-state index contributed by atoms with van der Waals surface area (Å²) in [6, 6.07) is 4.31. The quantitative estimate of drug-likeness (QED) is 0.797. The maximum absolute atomic E-state index is 13.2. The lowest BCUT2D eigenvalue weighted by molar-refractivity contribution is 0.0765. The van der Waals surface area contributed by atoms with Crippen LogP contribution in [0.25, 0.3) is 0 Å². The van der Waals surface area contributed by atoms with Crippen molar-refractivity contribution in [2.75, 3.05) is 18.8 Å². The zero-order valence-corrected chi connectivity index (χ0v) is 9.66. The summed E-state index contributed by atoms with van der Waals surface area (Å²) >= 11 is 0. The second-order valence-corrected chi connectivity index (χ2v) is 3.59. The van der Waals surface area contributed by atoms with E-state index in [-0.39, 0.29) is 17.2 Å².